The number of rotatable bonds is 12. The Balaban J connectivity index is 2.23. The number of piperazine rings is 1. The van der Waals surface area contributed by atoms with Gasteiger partial charge in [0.2, 0.25) is 11.8 Å². The lowest BCUT2D eigenvalue weighted by Gasteiger charge is -2.41. The van der Waals surface area contributed by atoms with Crippen LogP contribution in [-0.4, -0.2) is 70.3 Å². The number of amides is 2. The van der Waals surface area contributed by atoms with Crippen molar-refractivity contribution in [3.05, 3.63) is 35.9 Å². The molecule has 1 aliphatic rings. The predicted molar refractivity (Wildman–Crippen MR) is 116 cm³/mol. The summed E-state index contributed by atoms with van der Waals surface area (Å²) in [5.74, 6) is -1.59. The first-order chi connectivity index (χ1) is 14.7. The van der Waals surface area contributed by atoms with Crippen molar-refractivity contribution < 1.29 is 24.6 Å². The Morgan fingerprint density at radius 1 is 1.29 bits per heavy atom. The molecule has 1 aliphatic heterocycles. The van der Waals surface area contributed by atoms with Crippen molar-refractivity contribution in [3.8, 4) is 0 Å². The number of hydrogen-bond acceptors (Lipinski definition) is 6. The van der Waals surface area contributed by atoms with Gasteiger partial charge in [0.1, 0.15) is 12.3 Å². The molecule has 9 nitrogen and oxygen atoms in total. The van der Waals surface area contributed by atoms with Gasteiger partial charge in [0.15, 0.2) is 0 Å². The highest BCUT2D eigenvalue weighted by molar-refractivity contribution is 5.83. The zero-order valence-electron chi connectivity index (χ0n) is 18.2. The summed E-state index contributed by atoms with van der Waals surface area (Å²) in [6.45, 7) is 5.08. The molecule has 6 N–H and O–H groups in total. The third-order valence-corrected chi connectivity index (χ3v) is 5.43. The van der Waals surface area contributed by atoms with Crippen LogP contribution >= 0.6 is 0 Å². The van der Waals surface area contributed by atoms with Crippen LogP contribution in [0, 0.1) is 5.92 Å². The SMILES string of the molecule is CC(C)CC1NCCN([C@@H](Cc2ccccc2)C(O)NC(CCC(N)=O)C(=O)O)C1=O. The predicted octanol–water partition coefficient (Wildman–Crippen LogP) is 0.0709. The summed E-state index contributed by atoms with van der Waals surface area (Å²) in [5, 5.41) is 26.4. The minimum atomic E-state index is -1.30. The van der Waals surface area contributed by atoms with Crippen molar-refractivity contribution in [2.24, 2.45) is 11.7 Å². The summed E-state index contributed by atoms with van der Waals surface area (Å²) in [4.78, 5) is 37.5. The molecule has 0 spiro atoms. The summed E-state index contributed by atoms with van der Waals surface area (Å²) in [7, 11) is 0. The van der Waals surface area contributed by atoms with Gasteiger partial charge in [-0.3, -0.25) is 19.7 Å². The van der Waals surface area contributed by atoms with Crippen LogP contribution in [0.3, 0.4) is 0 Å². The number of carboxylic acids is 1. The number of aliphatic carboxylic acids is 1. The van der Waals surface area contributed by atoms with Gasteiger partial charge in [-0.25, -0.2) is 0 Å². The highest BCUT2D eigenvalue weighted by Gasteiger charge is 2.37. The van der Waals surface area contributed by atoms with Crippen LogP contribution in [0.2, 0.25) is 0 Å². The van der Waals surface area contributed by atoms with E-state index < -0.39 is 30.2 Å². The molecular formula is C22H34N4O5. The molecule has 1 fully saturated rings. The average Bonchev–Trinajstić information content (AvgIpc) is 2.71. The van der Waals surface area contributed by atoms with Gasteiger partial charge in [-0.2, -0.15) is 0 Å². The number of benzene rings is 1. The molecule has 9 heteroatoms. The van der Waals surface area contributed by atoms with E-state index in [0.29, 0.717) is 31.8 Å². The van der Waals surface area contributed by atoms with Crippen LogP contribution in [0.25, 0.3) is 0 Å². The molecule has 1 aromatic carbocycles. The van der Waals surface area contributed by atoms with Crippen LogP contribution in [0.4, 0.5) is 0 Å². The fraction of sp³-hybridized carbons (Fsp3) is 0.591. The van der Waals surface area contributed by atoms with Gasteiger partial charge in [0.25, 0.3) is 0 Å². The van der Waals surface area contributed by atoms with Gasteiger partial charge in [0, 0.05) is 19.5 Å². The molecule has 1 heterocycles. The largest absolute Gasteiger partial charge is 0.480 e. The lowest BCUT2D eigenvalue weighted by Crippen LogP contribution is -2.64. The van der Waals surface area contributed by atoms with Gasteiger partial charge in [-0.1, -0.05) is 44.2 Å². The molecule has 1 aromatic rings. The Bertz CT molecular complexity index is 743. The maximum Gasteiger partial charge on any atom is 0.320 e. The Hall–Kier alpha value is -2.49. The number of aliphatic hydroxyl groups is 1. The van der Waals surface area contributed by atoms with Crippen LogP contribution in [-0.2, 0) is 20.8 Å². The maximum absolute atomic E-state index is 13.2. The van der Waals surface area contributed by atoms with E-state index in [9.17, 15) is 24.6 Å². The molecule has 0 bridgehead atoms. The highest BCUT2D eigenvalue weighted by Crippen LogP contribution is 2.19. The number of hydrogen-bond donors (Lipinski definition) is 5. The Kier molecular flexibility index (Phi) is 9.42. The van der Waals surface area contributed by atoms with E-state index in [1.54, 1.807) is 4.90 Å². The summed E-state index contributed by atoms with van der Waals surface area (Å²) < 4.78 is 0. The third-order valence-electron chi connectivity index (χ3n) is 5.43. The smallest absolute Gasteiger partial charge is 0.320 e. The number of aliphatic hydroxyl groups excluding tert-OH is 1. The number of nitrogens with zero attached hydrogens (tertiary/aromatic N) is 1. The number of primary amides is 1. The molecule has 2 amide bonds. The number of carbonyl (C=O) groups is 3. The number of carbonyl (C=O) groups excluding carboxylic acids is 2. The summed E-state index contributed by atoms with van der Waals surface area (Å²) >= 11 is 0. The van der Waals surface area contributed by atoms with Crippen molar-refractivity contribution >= 4 is 17.8 Å². The van der Waals surface area contributed by atoms with Crippen LogP contribution < -0.4 is 16.4 Å². The van der Waals surface area contributed by atoms with Gasteiger partial charge in [-0.15, -0.1) is 0 Å². The zero-order chi connectivity index (χ0) is 23.0. The van der Waals surface area contributed by atoms with E-state index in [0.717, 1.165) is 5.56 Å². The van der Waals surface area contributed by atoms with E-state index in [-0.39, 0.29) is 24.8 Å². The van der Waals surface area contributed by atoms with Crippen molar-refractivity contribution in [3.63, 3.8) is 0 Å². The fourth-order valence-electron chi connectivity index (χ4n) is 3.87. The average molecular weight is 435 g/mol. The second-order valence-corrected chi connectivity index (χ2v) is 8.43. The number of carboxylic acid groups (broad SMARTS) is 1. The lowest BCUT2D eigenvalue weighted by molar-refractivity contribution is -0.144. The van der Waals surface area contributed by atoms with E-state index in [1.165, 1.54) is 0 Å². The van der Waals surface area contributed by atoms with E-state index in [1.807, 2.05) is 44.2 Å². The quantitative estimate of drug-likeness (QED) is 0.293. The standard InChI is InChI=1S/C22H34N4O5/c1-14(2)12-17-21(29)26(11-10-24-17)18(13-15-6-4-3-5-7-15)20(28)25-16(22(30)31)8-9-19(23)27/h3-7,14,16-18,20,24-25,28H,8-13H2,1-2H3,(H2,23,27)(H,30,31)/t16?,17?,18-,20?/m0/s1. The van der Waals surface area contributed by atoms with Crippen LogP contribution in [0.15, 0.2) is 30.3 Å². The second-order valence-electron chi connectivity index (χ2n) is 8.43. The summed E-state index contributed by atoms with van der Waals surface area (Å²) in [6.07, 6.45) is -0.435. The molecule has 4 atom stereocenters. The fourth-order valence-corrected chi connectivity index (χ4v) is 3.87. The maximum atomic E-state index is 13.2. The molecular weight excluding hydrogens is 400 g/mol. The third kappa shape index (κ3) is 7.61. The van der Waals surface area contributed by atoms with Crippen molar-refractivity contribution in [2.45, 2.75) is 63.9 Å². The first-order valence-corrected chi connectivity index (χ1v) is 10.7. The van der Waals surface area contributed by atoms with Gasteiger partial charge < -0.3 is 26.2 Å². The van der Waals surface area contributed by atoms with E-state index >= 15 is 0 Å². The van der Waals surface area contributed by atoms with Crippen LogP contribution in [0.1, 0.15) is 38.7 Å². The van der Waals surface area contributed by atoms with Gasteiger partial charge in [0.05, 0.1) is 12.1 Å². The second kappa shape index (κ2) is 11.8. The molecule has 172 valence electrons. The summed E-state index contributed by atoms with van der Waals surface area (Å²) in [5.41, 5.74) is 6.06. The highest BCUT2D eigenvalue weighted by atomic mass is 16.4. The molecule has 0 radical (unpaired) electrons. The van der Waals surface area contributed by atoms with Crippen molar-refractivity contribution in [2.75, 3.05) is 13.1 Å². The first-order valence-electron chi connectivity index (χ1n) is 10.7. The molecule has 1 saturated heterocycles. The van der Waals surface area contributed by atoms with Crippen molar-refractivity contribution in [1.29, 1.82) is 0 Å². The minimum Gasteiger partial charge on any atom is -0.480 e. The Morgan fingerprint density at radius 3 is 2.55 bits per heavy atom. The normalized spacial score (nSPS) is 19.8. The number of nitrogens with two attached hydrogens (primary N) is 1. The minimum absolute atomic E-state index is 0.0503. The summed E-state index contributed by atoms with van der Waals surface area (Å²) in [6, 6.07) is 7.27. The van der Waals surface area contributed by atoms with Gasteiger partial charge in [-0.05, 0) is 30.7 Å². The molecule has 3 unspecified atom stereocenters. The van der Waals surface area contributed by atoms with E-state index in [4.69, 9.17) is 5.73 Å². The number of nitrogens with one attached hydrogen (secondary N) is 2. The topological polar surface area (TPSA) is 145 Å². The van der Waals surface area contributed by atoms with E-state index in [2.05, 4.69) is 10.6 Å². The monoisotopic (exact) mass is 434 g/mol. The molecule has 0 aromatic heterocycles. The van der Waals surface area contributed by atoms with Gasteiger partial charge >= 0.3 is 5.97 Å². The lowest BCUT2D eigenvalue weighted by atomic mass is 9.97. The molecule has 31 heavy (non-hydrogen) atoms. The first kappa shape index (κ1) is 24.8. The molecule has 0 aliphatic carbocycles. The molecule has 2 rings (SSSR count). The van der Waals surface area contributed by atoms with Crippen molar-refractivity contribution in [1.82, 2.24) is 15.5 Å². The Labute approximate surface area is 183 Å². The Morgan fingerprint density at radius 2 is 1.97 bits per heavy atom. The molecule has 0 saturated carbocycles. The van der Waals surface area contributed by atoms with Crippen LogP contribution in [0.5, 0.6) is 0 Å². The zero-order valence-corrected chi connectivity index (χ0v) is 18.2.